The first kappa shape index (κ1) is 18.4. The third-order valence-corrected chi connectivity index (χ3v) is 5.53. The summed E-state index contributed by atoms with van der Waals surface area (Å²) in [5.74, 6) is 0.848. The van der Waals surface area contributed by atoms with Crippen LogP contribution >= 0.6 is 11.3 Å². The molecule has 144 valence electrons. The standard InChI is InChI=1S/C20H22N6OS/c1-12-17-10-14(5-8-18(17)24-23-12)19-25-26-20(28-19)22-11-15(21)9-13-3-6-16(27-2)7-4-13/h3-8,10,15H,9,11,21H2,1-2H3,(H,22,26)(H,23,24). The number of aromatic amines is 1. The Labute approximate surface area is 167 Å². The summed E-state index contributed by atoms with van der Waals surface area (Å²) in [7, 11) is 1.66. The fraction of sp³-hybridized carbons (Fsp3) is 0.250. The molecule has 8 heteroatoms. The summed E-state index contributed by atoms with van der Waals surface area (Å²) in [5, 5.41) is 21.8. The van der Waals surface area contributed by atoms with Crippen molar-refractivity contribution in [3.8, 4) is 16.3 Å². The van der Waals surface area contributed by atoms with E-state index in [0.717, 1.165) is 44.5 Å². The Hall–Kier alpha value is -2.97. The number of nitrogens with one attached hydrogen (secondary N) is 2. The number of anilines is 1. The highest BCUT2D eigenvalue weighted by molar-refractivity contribution is 7.18. The molecule has 28 heavy (non-hydrogen) atoms. The van der Waals surface area contributed by atoms with Crippen molar-refractivity contribution in [3.05, 3.63) is 53.7 Å². The van der Waals surface area contributed by atoms with E-state index in [0.29, 0.717) is 6.54 Å². The maximum absolute atomic E-state index is 6.26. The smallest absolute Gasteiger partial charge is 0.206 e. The highest BCUT2D eigenvalue weighted by Crippen LogP contribution is 2.29. The minimum atomic E-state index is -0.0225. The number of rotatable bonds is 7. The summed E-state index contributed by atoms with van der Waals surface area (Å²) >= 11 is 1.52. The lowest BCUT2D eigenvalue weighted by atomic mass is 10.1. The molecule has 0 spiro atoms. The Bertz CT molecular complexity index is 1070. The number of ether oxygens (including phenoxy) is 1. The predicted octanol–water partition coefficient (Wildman–Crippen LogP) is 3.38. The Morgan fingerprint density at radius 3 is 2.79 bits per heavy atom. The van der Waals surface area contributed by atoms with Gasteiger partial charge in [-0.2, -0.15) is 5.10 Å². The monoisotopic (exact) mass is 394 g/mol. The van der Waals surface area contributed by atoms with Crippen molar-refractivity contribution < 1.29 is 4.74 Å². The van der Waals surface area contributed by atoms with Gasteiger partial charge in [-0.25, -0.2) is 0 Å². The Balaban J connectivity index is 1.37. The van der Waals surface area contributed by atoms with Gasteiger partial charge in [0.05, 0.1) is 18.3 Å². The fourth-order valence-corrected chi connectivity index (χ4v) is 3.79. The van der Waals surface area contributed by atoms with Gasteiger partial charge in [0.15, 0.2) is 0 Å². The number of fused-ring (bicyclic) bond motifs is 1. The van der Waals surface area contributed by atoms with Gasteiger partial charge in [-0.1, -0.05) is 23.5 Å². The average molecular weight is 395 g/mol. The molecule has 0 aliphatic rings. The number of aryl methyl sites for hydroxylation is 1. The van der Waals surface area contributed by atoms with Crippen molar-refractivity contribution in [2.75, 3.05) is 19.0 Å². The number of nitrogens with zero attached hydrogens (tertiary/aromatic N) is 3. The van der Waals surface area contributed by atoms with Gasteiger partial charge in [0, 0.05) is 23.5 Å². The molecule has 2 aromatic carbocycles. The van der Waals surface area contributed by atoms with Crippen LogP contribution in [0.2, 0.25) is 0 Å². The Morgan fingerprint density at radius 1 is 1.18 bits per heavy atom. The lowest BCUT2D eigenvalue weighted by Crippen LogP contribution is -2.31. The second-order valence-corrected chi connectivity index (χ2v) is 7.65. The summed E-state index contributed by atoms with van der Waals surface area (Å²) in [5.41, 5.74) is 10.5. The molecule has 4 N–H and O–H groups in total. The summed E-state index contributed by atoms with van der Waals surface area (Å²) in [6, 6.07) is 14.1. The van der Waals surface area contributed by atoms with Crippen molar-refractivity contribution in [2.24, 2.45) is 5.73 Å². The largest absolute Gasteiger partial charge is 0.497 e. The van der Waals surface area contributed by atoms with Crippen molar-refractivity contribution in [1.29, 1.82) is 0 Å². The van der Waals surface area contributed by atoms with Crippen LogP contribution in [0.25, 0.3) is 21.5 Å². The average Bonchev–Trinajstić information content (AvgIpc) is 3.34. The molecule has 0 radical (unpaired) electrons. The van der Waals surface area contributed by atoms with Gasteiger partial charge in [0.2, 0.25) is 5.13 Å². The van der Waals surface area contributed by atoms with Crippen LogP contribution < -0.4 is 15.8 Å². The predicted molar refractivity (Wildman–Crippen MR) is 113 cm³/mol. The van der Waals surface area contributed by atoms with Crippen LogP contribution in [0.5, 0.6) is 5.75 Å². The zero-order chi connectivity index (χ0) is 19.5. The molecule has 0 saturated heterocycles. The van der Waals surface area contributed by atoms with Crippen LogP contribution in [0.15, 0.2) is 42.5 Å². The number of hydrogen-bond donors (Lipinski definition) is 3. The van der Waals surface area contributed by atoms with Crippen LogP contribution in [-0.4, -0.2) is 40.1 Å². The SMILES string of the molecule is COc1ccc(CC(N)CNc2nnc(-c3ccc4[nH]nc(C)c4c3)s2)cc1. The normalized spacial score (nSPS) is 12.2. The first-order valence-corrected chi connectivity index (χ1v) is 9.85. The van der Waals surface area contributed by atoms with Gasteiger partial charge in [-0.15, -0.1) is 10.2 Å². The van der Waals surface area contributed by atoms with Crippen LogP contribution in [0.4, 0.5) is 5.13 Å². The zero-order valence-electron chi connectivity index (χ0n) is 15.8. The first-order chi connectivity index (χ1) is 13.6. The zero-order valence-corrected chi connectivity index (χ0v) is 16.6. The molecule has 0 fully saturated rings. The molecule has 4 rings (SSSR count). The minimum absolute atomic E-state index is 0.0225. The minimum Gasteiger partial charge on any atom is -0.497 e. The fourth-order valence-electron chi connectivity index (χ4n) is 3.04. The van der Waals surface area contributed by atoms with Crippen molar-refractivity contribution >= 4 is 27.4 Å². The quantitative estimate of drug-likeness (QED) is 0.444. The maximum Gasteiger partial charge on any atom is 0.206 e. The van der Waals surface area contributed by atoms with E-state index in [2.05, 4.69) is 31.8 Å². The molecular formula is C20H22N6OS. The highest BCUT2D eigenvalue weighted by atomic mass is 32.1. The van der Waals surface area contributed by atoms with E-state index in [1.54, 1.807) is 7.11 Å². The van der Waals surface area contributed by atoms with Gasteiger partial charge < -0.3 is 15.8 Å². The molecule has 1 atom stereocenters. The molecular weight excluding hydrogens is 372 g/mol. The highest BCUT2D eigenvalue weighted by Gasteiger charge is 2.11. The molecule has 2 heterocycles. The summed E-state index contributed by atoms with van der Waals surface area (Å²) < 4.78 is 5.18. The van der Waals surface area contributed by atoms with Crippen molar-refractivity contribution in [3.63, 3.8) is 0 Å². The molecule has 0 aliphatic heterocycles. The maximum atomic E-state index is 6.26. The topological polar surface area (TPSA) is 102 Å². The molecule has 0 saturated carbocycles. The van der Waals surface area contributed by atoms with Gasteiger partial charge in [0.1, 0.15) is 10.8 Å². The van der Waals surface area contributed by atoms with E-state index >= 15 is 0 Å². The van der Waals surface area contributed by atoms with Gasteiger partial charge in [-0.3, -0.25) is 5.10 Å². The van der Waals surface area contributed by atoms with E-state index in [1.165, 1.54) is 16.9 Å². The number of nitrogens with two attached hydrogens (primary N) is 1. The Kier molecular flexibility index (Phi) is 5.23. The lowest BCUT2D eigenvalue weighted by Gasteiger charge is -2.12. The molecule has 0 aliphatic carbocycles. The Morgan fingerprint density at radius 2 is 2.00 bits per heavy atom. The molecule has 0 amide bonds. The van der Waals surface area contributed by atoms with E-state index in [4.69, 9.17) is 10.5 Å². The molecule has 1 unspecified atom stereocenters. The second-order valence-electron chi connectivity index (χ2n) is 6.67. The summed E-state index contributed by atoms with van der Waals surface area (Å²) in [6.07, 6.45) is 0.777. The molecule has 0 bridgehead atoms. The first-order valence-electron chi connectivity index (χ1n) is 9.03. The van der Waals surface area contributed by atoms with E-state index < -0.39 is 0 Å². The third-order valence-electron chi connectivity index (χ3n) is 4.60. The number of H-pyrrole nitrogens is 1. The number of aromatic nitrogens is 4. The molecule has 4 aromatic rings. The van der Waals surface area contributed by atoms with E-state index in [1.807, 2.05) is 43.3 Å². The van der Waals surface area contributed by atoms with Crippen molar-refractivity contribution in [1.82, 2.24) is 20.4 Å². The van der Waals surface area contributed by atoms with E-state index in [-0.39, 0.29) is 6.04 Å². The van der Waals surface area contributed by atoms with Gasteiger partial charge in [-0.05, 0) is 49.2 Å². The molecule has 2 aromatic heterocycles. The van der Waals surface area contributed by atoms with Crippen molar-refractivity contribution in [2.45, 2.75) is 19.4 Å². The number of benzene rings is 2. The van der Waals surface area contributed by atoms with Crippen LogP contribution in [0.1, 0.15) is 11.3 Å². The van der Waals surface area contributed by atoms with Gasteiger partial charge >= 0.3 is 0 Å². The summed E-state index contributed by atoms with van der Waals surface area (Å²) in [4.78, 5) is 0. The van der Waals surface area contributed by atoms with Gasteiger partial charge in [0.25, 0.3) is 0 Å². The number of methoxy groups -OCH3 is 1. The van der Waals surface area contributed by atoms with Crippen LogP contribution in [0.3, 0.4) is 0 Å². The second kappa shape index (κ2) is 7.95. The lowest BCUT2D eigenvalue weighted by molar-refractivity contribution is 0.414. The van der Waals surface area contributed by atoms with E-state index in [9.17, 15) is 0 Å². The molecule has 7 nitrogen and oxygen atoms in total. The number of hydrogen-bond acceptors (Lipinski definition) is 7. The van der Waals surface area contributed by atoms with Crippen LogP contribution in [0, 0.1) is 6.92 Å². The third kappa shape index (κ3) is 3.97. The van der Waals surface area contributed by atoms with Crippen LogP contribution in [-0.2, 0) is 6.42 Å². The summed E-state index contributed by atoms with van der Waals surface area (Å²) in [6.45, 7) is 2.61.